The number of nitrogens with zero attached hydrogens (tertiary/aromatic N) is 4. The summed E-state index contributed by atoms with van der Waals surface area (Å²) in [7, 11) is 0. The molecule has 0 aliphatic rings. The maximum Gasteiger partial charge on any atom is 0.163 e. The van der Waals surface area contributed by atoms with Crippen molar-refractivity contribution >= 4 is 33.6 Å². The second-order valence-electron chi connectivity index (χ2n) is 11.0. The van der Waals surface area contributed by atoms with Crippen LogP contribution in [-0.2, 0) is 0 Å². The topological polar surface area (TPSA) is 43.6 Å². The van der Waals surface area contributed by atoms with Crippen molar-refractivity contribution in [2.24, 2.45) is 0 Å². The Morgan fingerprint density at radius 3 is 1.79 bits per heavy atom. The van der Waals surface area contributed by atoms with Crippen LogP contribution in [0.1, 0.15) is 22.3 Å². The second-order valence-corrected chi connectivity index (χ2v) is 11.9. The van der Waals surface area contributed by atoms with E-state index in [0.717, 1.165) is 11.1 Å². The third kappa shape index (κ3) is 4.52. The van der Waals surface area contributed by atoms with E-state index >= 15 is 0 Å². The minimum atomic E-state index is 0.685. The molecule has 0 saturated heterocycles. The molecular formula is C38H32N4S. The summed E-state index contributed by atoms with van der Waals surface area (Å²) in [6.07, 6.45) is 3.77. The summed E-state index contributed by atoms with van der Waals surface area (Å²) in [5, 5.41) is 2.53. The van der Waals surface area contributed by atoms with Crippen molar-refractivity contribution in [1.82, 2.24) is 19.5 Å². The summed E-state index contributed by atoms with van der Waals surface area (Å²) in [6.45, 7) is 8.85. The Labute approximate surface area is 256 Å². The molecule has 0 fully saturated rings. The maximum atomic E-state index is 4.94. The Morgan fingerprint density at radius 1 is 0.558 bits per heavy atom. The quantitative estimate of drug-likeness (QED) is 0.191. The lowest BCUT2D eigenvalue weighted by atomic mass is 9.91. The summed E-state index contributed by atoms with van der Waals surface area (Å²) in [4.78, 5) is 15.3. The molecule has 0 spiro atoms. The van der Waals surface area contributed by atoms with Crippen molar-refractivity contribution in [3.8, 4) is 39.6 Å². The first-order valence-electron chi connectivity index (χ1n) is 14.5. The van der Waals surface area contributed by atoms with E-state index in [4.69, 9.17) is 4.98 Å². The number of hydrogen-bond donors (Lipinski definition) is 0. The molecule has 210 valence electrons. The lowest BCUT2D eigenvalue weighted by Gasteiger charge is -2.22. The van der Waals surface area contributed by atoms with E-state index in [0.29, 0.717) is 11.6 Å². The fourth-order valence-electron chi connectivity index (χ4n) is 6.29. The molecule has 2 aromatic heterocycles. The zero-order valence-electron chi connectivity index (χ0n) is 25.0. The van der Waals surface area contributed by atoms with Gasteiger partial charge in [-0.2, -0.15) is 0 Å². The van der Waals surface area contributed by atoms with Crippen molar-refractivity contribution in [3.63, 3.8) is 0 Å². The molecule has 0 aliphatic heterocycles. The third-order valence-corrected chi connectivity index (χ3v) is 9.44. The summed E-state index contributed by atoms with van der Waals surface area (Å²) in [5.41, 5.74) is 13.0. The van der Waals surface area contributed by atoms with Gasteiger partial charge in [0.25, 0.3) is 0 Å². The molecule has 0 aliphatic carbocycles. The van der Waals surface area contributed by atoms with E-state index in [1.54, 1.807) is 18.1 Å². The van der Waals surface area contributed by atoms with Crippen LogP contribution in [0.15, 0.2) is 108 Å². The molecule has 0 amide bonds. The van der Waals surface area contributed by atoms with Gasteiger partial charge in [-0.25, -0.2) is 15.0 Å². The summed E-state index contributed by atoms with van der Waals surface area (Å²) in [5.74, 6) is 1.39. The van der Waals surface area contributed by atoms with Gasteiger partial charge in [-0.1, -0.05) is 66.7 Å². The lowest BCUT2D eigenvalue weighted by Crippen LogP contribution is -2.08. The van der Waals surface area contributed by atoms with Crippen LogP contribution in [0.25, 0.3) is 61.4 Å². The molecule has 5 aromatic carbocycles. The van der Waals surface area contributed by atoms with E-state index in [1.165, 1.54) is 65.8 Å². The molecule has 7 aromatic rings. The number of fused-ring (bicyclic) bond motifs is 3. The van der Waals surface area contributed by atoms with E-state index < -0.39 is 0 Å². The fourth-order valence-corrected chi connectivity index (χ4v) is 6.73. The van der Waals surface area contributed by atoms with Crippen LogP contribution in [-0.4, -0.2) is 25.8 Å². The van der Waals surface area contributed by atoms with Gasteiger partial charge in [0, 0.05) is 26.8 Å². The summed E-state index contributed by atoms with van der Waals surface area (Å²) < 4.78 is 2.46. The van der Waals surface area contributed by atoms with E-state index in [1.807, 2.05) is 30.3 Å². The molecule has 0 bridgehead atoms. The third-order valence-electron chi connectivity index (χ3n) is 8.72. The highest BCUT2D eigenvalue weighted by atomic mass is 32.2. The zero-order valence-corrected chi connectivity index (χ0v) is 25.8. The van der Waals surface area contributed by atoms with Crippen molar-refractivity contribution in [2.45, 2.75) is 32.6 Å². The normalized spacial score (nSPS) is 11.5. The minimum Gasteiger partial charge on any atom is -0.309 e. The van der Waals surface area contributed by atoms with E-state index in [-0.39, 0.29) is 0 Å². The second kappa shape index (κ2) is 10.8. The predicted molar refractivity (Wildman–Crippen MR) is 181 cm³/mol. The number of hydrogen-bond acceptors (Lipinski definition) is 4. The first-order valence-corrected chi connectivity index (χ1v) is 15.7. The SMILES string of the molecule is CSc1ccc2c(c1)c1cc(-c3ccccc3)ccc1n2-c1c(C)c(C)c(-c2ncnc(-c3ccccc3)n2)c(C)c1C. The number of rotatable bonds is 5. The Morgan fingerprint density at radius 2 is 1.14 bits per heavy atom. The van der Waals surface area contributed by atoms with Gasteiger partial charge in [0.2, 0.25) is 0 Å². The largest absolute Gasteiger partial charge is 0.309 e. The predicted octanol–water partition coefficient (Wildman–Crippen LogP) is 9.93. The average Bonchev–Trinajstić information content (AvgIpc) is 3.37. The monoisotopic (exact) mass is 576 g/mol. The fraction of sp³-hybridized carbons (Fsp3) is 0.132. The van der Waals surface area contributed by atoms with Crippen molar-refractivity contribution in [1.29, 1.82) is 0 Å². The standard InChI is InChI=1S/C38H32N4S/c1-23-25(3)36(26(4)24(2)35(23)38-40-22-39-37(41-38)28-14-10-7-11-15-28)42-33-18-16-29(27-12-8-6-9-13-27)20-31(33)32-21-30(43-5)17-19-34(32)42/h6-22H,1-5H3. The van der Waals surface area contributed by atoms with Crippen LogP contribution < -0.4 is 0 Å². The van der Waals surface area contributed by atoms with Gasteiger partial charge in [-0.15, -0.1) is 11.8 Å². The average molecular weight is 577 g/mol. The molecule has 0 radical (unpaired) electrons. The van der Waals surface area contributed by atoms with Crippen molar-refractivity contribution < 1.29 is 0 Å². The Hall–Kier alpha value is -4.74. The van der Waals surface area contributed by atoms with Gasteiger partial charge < -0.3 is 4.57 Å². The zero-order chi connectivity index (χ0) is 29.7. The molecular weight excluding hydrogens is 545 g/mol. The molecule has 0 atom stereocenters. The van der Waals surface area contributed by atoms with Gasteiger partial charge in [-0.05, 0) is 97.7 Å². The smallest absolute Gasteiger partial charge is 0.163 e. The Bertz CT molecular complexity index is 2120. The highest BCUT2D eigenvalue weighted by Crippen LogP contribution is 2.41. The first kappa shape index (κ1) is 27.1. The number of benzene rings is 5. The van der Waals surface area contributed by atoms with Crippen LogP contribution >= 0.6 is 11.8 Å². The van der Waals surface area contributed by atoms with Crippen LogP contribution in [0, 0.1) is 27.7 Å². The highest BCUT2D eigenvalue weighted by molar-refractivity contribution is 7.98. The highest BCUT2D eigenvalue weighted by Gasteiger charge is 2.23. The molecule has 0 unspecified atom stereocenters. The number of thioether (sulfide) groups is 1. The van der Waals surface area contributed by atoms with E-state index in [2.05, 4.69) is 115 Å². The van der Waals surface area contributed by atoms with Crippen LogP contribution in [0.3, 0.4) is 0 Å². The lowest BCUT2D eigenvalue weighted by molar-refractivity contribution is 1.04. The van der Waals surface area contributed by atoms with Gasteiger partial charge in [-0.3, -0.25) is 0 Å². The van der Waals surface area contributed by atoms with Crippen molar-refractivity contribution in [2.75, 3.05) is 6.26 Å². The van der Waals surface area contributed by atoms with Crippen molar-refractivity contribution in [3.05, 3.63) is 126 Å². The summed E-state index contributed by atoms with van der Waals surface area (Å²) >= 11 is 1.78. The van der Waals surface area contributed by atoms with Crippen LogP contribution in [0.2, 0.25) is 0 Å². The molecule has 0 saturated carbocycles. The van der Waals surface area contributed by atoms with Gasteiger partial charge >= 0.3 is 0 Å². The molecule has 4 nitrogen and oxygen atoms in total. The van der Waals surface area contributed by atoms with Gasteiger partial charge in [0.15, 0.2) is 11.6 Å². The minimum absolute atomic E-state index is 0.685. The van der Waals surface area contributed by atoms with Crippen LogP contribution in [0.4, 0.5) is 0 Å². The Balaban J connectivity index is 1.47. The maximum absolute atomic E-state index is 4.94. The Kier molecular flexibility index (Phi) is 6.83. The molecule has 0 N–H and O–H groups in total. The molecule has 5 heteroatoms. The molecule has 43 heavy (non-hydrogen) atoms. The van der Waals surface area contributed by atoms with E-state index in [9.17, 15) is 0 Å². The number of aromatic nitrogens is 4. The van der Waals surface area contributed by atoms with Gasteiger partial charge in [0.1, 0.15) is 6.33 Å². The first-order chi connectivity index (χ1) is 21.0. The molecule has 7 rings (SSSR count). The molecule has 2 heterocycles. The summed E-state index contributed by atoms with van der Waals surface area (Å²) in [6, 6.07) is 34.4. The van der Waals surface area contributed by atoms with Gasteiger partial charge in [0.05, 0.1) is 16.7 Å². The van der Waals surface area contributed by atoms with Crippen LogP contribution in [0.5, 0.6) is 0 Å².